The molecule has 0 saturated carbocycles. The summed E-state index contributed by atoms with van der Waals surface area (Å²) in [5.41, 5.74) is 0.231. The first-order chi connectivity index (χ1) is 11.3. The van der Waals surface area contributed by atoms with E-state index in [9.17, 15) is 22.9 Å². The van der Waals surface area contributed by atoms with Crippen LogP contribution in [-0.2, 0) is 9.84 Å². The first kappa shape index (κ1) is 16.7. The molecule has 0 saturated heterocycles. The molecule has 3 rings (SSSR count). The van der Waals surface area contributed by atoms with Crippen molar-refractivity contribution in [2.75, 3.05) is 18.2 Å². The molecule has 2 aromatic rings. The van der Waals surface area contributed by atoms with Crippen LogP contribution in [0.25, 0.3) is 0 Å². The van der Waals surface area contributed by atoms with E-state index in [1.165, 1.54) is 12.1 Å². The minimum atomic E-state index is -3.56. The van der Waals surface area contributed by atoms with E-state index in [2.05, 4.69) is 5.32 Å². The Morgan fingerprint density at radius 2 is 2.21 bits per heavy atom. The third-order valence-corrected chi connectivity index (χ3v) is 6.44. The van der Waals surface area contributed by atoms with E-state index in [0.29, 0.717) is 12.0 Å². The molecule has 0 fully saturated rings. The molecular formula is C14H13FN2O5S2. The molecule has 7 nitrogen and oxygen atoms in total. The van der Waals surface area contributed by atoms with Crippen LogP contribution in [0, 0.1) is 15.9 Å². The van der Waals surface area contributed by atoms with Gasteiger partial charge in [-0.15, -0.1) is 0 Å². The molecule has 0 aliphatic carbocycles. The van der Waals surface area contributed by atoms with Crippen molar-refractivity contribution >= 4 is 31.9 Å². The number of nitrogens with one attached hydrogen (secondary N) is 1. The molecule has 0 unspecified atom stereocenters. The maximum atomic E-state index is 13.8. The van der Waals surface area contributed by atoms with Gasteiger partial charge in [-0.25, -0.2) is 12.8 Å². The number of anilines is 1. The van der Waals surface area contributed by atoms with E-state index < -0.39 is 26.6 Å². The molecule has 1 atom stereocenters. The van der Waals surface area contributed by atoms with E-state index in [1.807, 2.05) is 0 Å². The molecule has 0 spiro atoms. The average molecular weight is 372 g/mol. The van der Waals surface area contributed by atoms with Gasteiger partial charge in [0.05, 0.1) is 17.6 Å². The fourth-order valence-corrected chi connectivity index (χ4v) is 4.47. The number of halogens is 1. The summed E-state index contributed by atoms with van der Waals surface area (Å²) >= 11 is 0.792. The Labute approximate surface area is 141 Å². The summed E-state index contributed by atoms with van der Waals surface area (Å²) in [5.74, 6) is -0.389. The highest BCUT2D eigenvalue weighted by Crippen LogP contribution is 2.42. The van der Waals surface area contributed by atoms with Crippen LogP contribution in [0.15, 0.2) is 28.5 Å². The maximum absolute atomic E-state index is 13.8. The van der Waals surface area contributed by atoms with Gasteiger partial charge >= 0.3 is 5.69 Å². The third-order valence-electron chi connectivity index (χ3n) is 3.58. The number of fused-ring (bicyclic) bond motifs is 1. The summed E-state index contributed by atoms with van der Waals surface area (Å²) in [4.78, 5) is 10.6. The van der Waals surface area contributed by atoms with Gasteiger partial charge in [-0.3, -0.25) is 10.1 Å². The van der Waals surface area contributed by atoms with Crippen molar-refractivity contribution in [2.45, 2.75) is 16.7 Å². The van der Waals surface area contributed by atoms with Gasteiger partial charge in [0, 0.05) is 24.3 Å². The van der Waals surface area contributed by atoms with Gasteiger partial charge in [-0.05, 0) is 6.07 Å². The molecule has 2 heterocycles. The zero-order valence-electron chi connectivity index (χ0n) is 12.5. The number of ether oxygens (including phenoxy) is 1. The predicted octanol–water partition coefficient (Wildman–Crippen LogP) is 3.13. The number of benzene rings is 1. The van der Waals surface area contributed by atoms with E-state index >= 15 is 0 Å². The summed E-state index contributed by atoms with van der Waals surface area (Å²) < 4.78 is 42.3. The molecular weight excluding hydrogens is 359 g/mol. The summed E-state index contributed by atoms with van der Waals surface area (Å²) in [5, 5.41) is 14.3. The molecule has 1 N–H and O–H groups in total. The Morgan fingerprint density at radius 1 is 1.46 bits per heavy atom. The fourth-order valence-electron chi connectivity index (χ4n) is 2.48. The lowest BCUT2D eigenvalue weighted by Crippen LogP contribution is -2.21. The Balaban J connectivity index is 2.00. The molecule has 1 aliphatic rings. The van der Waals surface area contributed by atoms with Gasteiger partial charge in [0.1, 0.15) is 4.21 Å². The van der Waals surface area contributed by atoms with Crippen LogP contribution >= 0.6 is 11.3 Å². The van der Waals surface area contributed by atoms with Crippen LogP contribution in [-0.4, -0.2) is 26.2 Å². The molecule has 1 aromatic heterocycles. The van der Waals surface area contributed by atoms with Crippen molar-refractivity contribution in [2.24, 2.45) is 0 Å². The topological polar surface area (TPSA) is 98.5 Å². The minimum Gasteiger partial charge on any atom is -0.490 e. The van der Waals surface area contributed by atoms with Crippen LogP contribution in [0.5, 0.6) is 5.75 Å². The lowest BCUT2D eigenvalue weighted by atomic mass is 10.0. The largest absolute Gasteiger partial charge is 0.490 e. The summed E-state index contributed by atoms with van der Waals surface area (Å²) in [7, 11) is -3.56. The normalized spacial score (nSPS) is 17.0. The van der Waals surface area contributed by atoms with E-state index in [4.69, 9.17) is 4.74 Å². The Kier molecular flexibility index (Phi) is 4.18. The highest BCUT2D eigenvalue weighted by molar-refractivity contribution is 7.92. The molecule has 0 radical (unpaired) electrons. The fraction of sp³-hybridized carbons (Fsp3) is 0.286. The molecule has 1 aliphatic heterocycles. The summed E-state index contributed by atoms with van der Waals surface area (Å²) in [6, 6.07) is 5.10. The Hall–Kier alpha value is -2.20. The van der Waals surface area contributed by atoms with Gasteiger partial charge in [0.15, 0.2) is 26.4 Å². The number of sulfone groups is 1. The summed E-state index contributed by atoms with van der Waals surface area (Å²) in [6.07, 6.45) is 1.46. The SMILES string of the molecule is CS(=O)(=O)c1cc([N+](=O)[O-])c(N[C@H]2CCOc3c(F)cccc32)s1. The molecule has 0 amide bonds. The van der Waals surface area contributed by atoms with E-state index in [-0.39, 0.29) is 27.3 Å². The first-order valence-corrected chi connectivity index (χ1v) is 9.64. The maximum Gasteiger partial charge on any atom is 0.304 e. The van der Waals surface area contributed by atoms with E-state index in [0.717, 1.165) is 23.7 Å². The van der Waals surface area contributed by atoms with Crippen LogP contribution in [0.2, 0.25) is 0 Å². The quantitative estimate of drug-likeness (QED) is 0.654. The molecule has 1 aromatic carbocycles. The van der Waals surface area contributed by atoms with Gasteiger partial charge in [0.25, 0.3) is 0 Å². The number of hydrogen-bond donors (Lipinski definition) is 1. The zero-order chi connectivity index (χ0) is 17.5. The van der Waals surface area contributed by atoms with Crippen LogP contribution in [0.4, 0.5) is 15.1 Å². The summed E-state index contributed by atoms with van der Waals surface area (Å²) in [6.45, 7) is 0.254. The third kappa shape index (κ3) is 3.06. The second-order valence-corrected chi connectivity index (χ2v) is 8.60. The average Bonchev–Trinajstić information content (AvgIpc) is 2.93. The number of rotatable bonds is 4. The van der Waals surface area contributed by atoms with Crippen molar-refractivity contribution in [3.05, 3.63) is 45.8 Å². The molecule has 0 bridgehead atoms. The molecule has 24 heavy (non-hydrogen) atoms. The number of thiophene rings is 1. The molecule has 128 valence electrons. The van der Waals surface area contributed by atoms with Crippen LogP contribution in [0.3, 0.4) is 0 Å². The van der Waals surface area contributed by atoms with E-state index in [1.54, 1.807) is 6.07 Å². The highest BCUT2D eigenvalue weighted by Gasteiger charge is 2.29. The number of para-hydroxylation sites is 1. The van der Waals surface area contributed by atoms with Gasteiger partial charge in [-0.1, -0.05) is 23.5 Å². The monoisotopic (exact) mass is 372 g/mol. The van der Waals surface area contributed by atoms with Crippen LogP contribution in [0.1, 0.15) is 18.0 Å². The standard InChI is InChI=1S/C14H13FN2O5S2/c1-24(20,21)12-7-11(17(18)19)14(23-12)16-10-5-6-22-13-8(10)3-2-4-9(13)15/h2-4,7,10,16H,5-6H2,1H3/t10-/m0/s1. The van der Waals surface area contributed by atoms with Gasteiger partial charge < -0.3 is 10.1 Å². The number of hydrogen-bond acceptors (Lipinski definition) is 7. The van der Waals surface area contributed by atoms with Crippen molar-refractivity contribution in [3.63, 3.8) is 0 Å². The smallest absolute Gasteiger partial charge is 0.304 e. The van der Waals surface area contributed by atoms with Gasteiger partial charge in [-0.2, -0.15) is 0 Å². The first-order valence-electron chi connectivity index (χ1n) is 6.93. The number of nitrogens with zero attached hydrogens (tertiary/aromatic N) is 1. The van der Waals surface area contributed by atoms with Crippen molar-refractivity contribution in [1.82, 2.24) is 0 Å². The molecule has 10 heteroatoms. The Morgan fingerprint density at radius 3 is 2.88 bits per heavy atom. The lowest BCUT2D eigenvalue weighted by Gasteiger charge is -2.26. The van der Waals surface area contributed by atoms with Crippen molar-refractivity contribution in [1.29, 1.82) is 0 Å². The second-order valence-electron chi connectivity index (χ2n) is 5.30. The lowest BCUT2D eigenvalue weighted by molar-refractivity contribution is -0.383. The number of nitro groups is 1. The Bertz CT molecular complexity index is 910. The zero-order valence-corrected chi connectivity index (χ0v) is 14.1. The highest BCUT2D eigenvalue weighted by atomic mass is 32.2. The van der Waals surface area contributed by atoms with Crippen molar-refractivity contribution < 1.29 is 22.5 Å². The minimum absolute atomic E-state index is 0.0942. The predicted molar refractivity (Wildman–Crippen MR) is 87.0 cm³/mol. The second kappa shape index (κ2) is 6.02. The van der Waals surface area contributed by atoms with Crippen molar-refractivity contribution in [3.8, 4) is 5.75 Å². The van der Waals surface area contributed by atoms with Crippen LogP contribution < -0.4 is 10.1 Å². The van der Waals surface area contributed by atoms with Gasteiger partial charge in [0.2, 0.25) is 0 Å².